The molecular weight excluding hydrogens is 370 g/mol. The molecule has 1 aliphatic rings. The van der Waals surface area contributed by atoms with Crippen molar-refractivity contribution < 1.29 is 9.21 Å². The van der Waals surface area contributed by atoms with E-state index < -0.39 is 0 Å². The number of aromatic nitrogens is 1. The highest BCUT2D eigenvalue weighted by molar-refractivity contribution is 7.99. The molecule has 1 heterocycles. The van der Waals surface area contributed by atoms with Crippen LogP contribution in [0, 0.1) is 5.92 Å². The summed E-state index contributed by atoms with van der Waals surface area (Å²) >= 11 is 1.55. The minimum atomic E-state index is 0. The number of nitrogens with one attached hydrogen (secondary N) is 1. The van der Waals surface area contributed by atoms with Gasteiger partial charge in [-0.05, 0) is 37.4 Å². The molecule has 3 rings (SSSR count). The maximum atomic E-state index is 12.2. The van der Waals surface area contributed by atoms with Crippen LogP contribution in [0.5, 0.6) is 0 Å². The number of carbonyl (C=O) groups excluding carboxylic acids is 1. The molecule has 26 heavy (non-hydrogen) atoms. The highest BCUT2D eigenvalue weighted by Crippen LogP contribution is 2.24. The second-order valence-electron chi connectivity index (χ2n) is 6.46. The van der Waals surface area contributed by atoms with E-state index >= 15 is 0 Å². The lowest BCUT2D eigenvalue weighted by Gasteiger charge is -2.31. The minimum absolute atomic E-state index is 0. The van der Waals surface area contributed by atoms with Crippen LogP contribution in [-0.4, -0.2) is 29.2 Å². The maximum absolute atomic E-state index is 12.2. The Morgan fingerprint density at radius 1 is 1.27 bits per heavy atom. The van der Waals surface area contributed by atoms with Gasteiger partial charge in [0.25, 0.3) is 0 Å². The zero-order valence-corrected chi connectivity index (χ0v) is 16.4. The normalized spacial score (nSPS) is 19.6. The van der Waals surface area contributed by atoms with E-state index in [0.29, 0.717) is 29.9 Å². The van der Waals surface area contributed by atoms with E-state index in [1.165, 1.54) is 12.8 Å². The van der Waals surface area contributed by atoms with Gasteiger partial charge >= 0.3 is 0 Å². The van der Waals surface area contributed by atoms with Crippen LogP contribution < -0.4 is 11.1 Å². The van der Waals surface area contributed by atoms with E-state index in [2.05, 4.69) is 10.3 Å². The summed E-state index contributed by atoms with van der Waals surface area (Å²) in [7, 11) is 0. The Labute approximate surface area is 164 Å². The number of nitrogens with two attached hydrogens (primary N) is 1. The lowest BCUT2D eigenvalue weighted by atomic mass is 9.84. The van der Waals surface area contributed by atoms with E-state index in [4.69, 9.17) is 10.2 Å². The Bertz CT molecular complexity index is 680. The van der Waals surface area contributed by atoms with Gasteiger partial charge in [0.15, 0.2) is 0 Å². The number of halogens is 1. The van der Waals surface area contributed by atoms with E-state index in [-0.39, 0.29) is 24.4 Å². The van der Waals surface area contributed by atoms with Gasteiger partial charge in [0.1, 0.15) is 6.26 Å². The Morgan fingerprint density at radius 2 is 2.04 bits per heavy atom. The molecule has 1 fully saturated rings. The standard InChI is InChI=1S/C19H25N3O2S.ClH/c20-10-15-8-4-5-9-17(15)22-18(23)13-25-12-16-11-24-19(21-16)14-6-2-1-3-7-14;/h1-3,6-7,11,15,17H,4-5,8-10,12-13,20H2,(H,22,23);1H. The van der Waals surface area contributed by atoms with Crippen molar-refractivity contribution >= 4 is 30.1 Å². The summed E-state index contributed by atoms with van der Waals surface area (Å²) in [4.78, 5) is 16.7. The monoisotopic (exact) mass is 395 g/mol. The Hall–Kier alpha value is -1.50. The van der Waals surface area contributed by atoms with Crippen LogP contribution in [0.25, 0.3) is 11.5 Å². The van der Waals surface area contributed by atoms with Crippen molar-refractivity contribution in [3.05, 3.63) is 42.3 Å². The van der Waals surface area contributed by atoms with E-state index in [1.54, 1.807) is 18.0 Å². The SMILES string of the molecule is Cl.NCC1CCCCC1NC(=O)CSCc1coc(-c2ccccc2)n1. The van der Waals surface area contributed by atoms with Crippen LogP contribution in [0.3, 0.4) is 0 Å². The molecule has 1 saturated carbocycles. The Kier molecular flexibility index (Phi) is 8.48. The summed E-state index contributed by atoms with van der Waals surface area (Å²) < 4.78 is 5.52. The molecular formula is C19H26ClN3O2S. The van der Waals surface area contributed by atoms with Crippen LogP contribution in [0.1, 0.15) is 31.4 Å². The topological polar surface area (TPSA) is 81.1 Å². The van der Waals surface area contributed by atoms with Crippen LogP contribution in [0.4, 0.5) is 0 Å². The van der Waals surface area contributed by atoms with E-state index in [0.717, 1.165) is 24.1 Å². The number of nitrogens with zero attached hydrogens (tertiary/aromatic N) is 1. The number of oxazole rings is 1. The number of carbonyl (C=O) groups is 1. The number of hydrogen-bond acceptors (Lipinski definition) is 5. The molecule has 1 amide bonds. The molecule has 2 unspecified atom stereocenters. The summed E-state index contributed by atoms with van der Waals surface area (Å²) in [6.45, 7) is 0.652. The fourth-order valence-electron chi connectivity index (χ4n) is 3.26. The minimum Gasteiger partial charge on any atom is -0.444 e. The molecule has 1 aromatic heterocycles. The van der Waals surface area contributed by atoms with Gasteiger partial charge in [-0.2, -0.15) is 0 Å². The number of rotatable bonds is 7. The van der Waals surface area contributed by atoms with Gasteiger partial charge in [-0.15, -0.1) is 24.2 Å². The highest BCUT2D eigenvalue weighted by Gasteiger charge is 2.25. The third-order valence-corrected chi connectivity index (χ3v) is 5.58. The summed E-state index contributed by atoms with van der Waals surface area (Å²) in [5.41, 5.74) is 7.64. The molecule has 0 aliphatic heterocycles. The molecule has 0 saturated heterocycles. The first-order chi connectivity index (χ1) is 12.3. The molecule has 5 nitrogen and oxygen atoms in total. The predicted octanol–water partition coefficient (Wildman–Crippen LogP) is 3.63. The van der Waals surface area contributed by atoms with Crippen molar-refractivity contribution in [2.45, 2.75) is 37.5 Å². The molecule has 7 heteroatoms. The fourth-order valence-corrected chi connectivity index (χ4v) is 3.98. The van der Waals surface area contributed by atoms with Crippen molar-refractivity contribution in [3.8, 4) is 11.5 Å². The summed E-state index contributed by atoms with van der Waals surface area (Å²) in [6.07, 6.45) is 6.23. The van der Waals surface area contributed by atoms with Crippen LogP contribution in [0.15, 0.2) is 41.0 Å². The summed E-state index contributed by atoms with van der Waals surface area (Å²) in [5, 5.41) is 3.15. The molecule has 1 aromatic carbocycles. The second kappa shape index (κ2) is 10.6. The zero-order chi connectivity index (χ0) is 17.5. The lowest BCUT2D eigenvalue weighted by molar-refractivity contribution is -0.119. The van der Waals surface area contributed by atoms with Crippen LogP contribution >= 0.6 is 24.2 Å². The third-order valence-electron chi connectivity index (χ3n) is 4.61. The fraction of sp³-hybridized carbons (Fsp3) is 0.474. The molecule has 142 valence electrons. The summed E-state index contributed by atoms with van der Waals surface area (Å²) in [5.74, 6) is 2.22. The van der Waals surface area contributed by atoms with Crippen molar-refractivity contribution in [2.75, 3.05) is 12.3 Å². The average Bonchev–Trinajstić information content (AvgIpc) is 3.12. The maximum Gasteiger partial charge on any atom is 0.230 e. The van der Waals surface area contributed by atoms with Gasteiger partial charge in [-0.25, -0.2) is 4.98 Å². The first-order valence-corrected chi connectivity index (χ1v) is 9.98. The summed E-state index contributed by atoms with van der Waals surface area (Å²) in [6, 6.07) is 10.0. The van der Waals surface area contributed by atoms with Crippen LogP contribution in [-0.2, 0) is 10.5 Å². The van der Waals surface area contributed by atoms with Gasteiger partial charge in [0.2, 0.25) is 11.8 Å². The molecule has 0 spiro atoms. The molecule has 1 aliphatic carbocycles. The van der Waals surface area contributed by atoms with Crippen molar-refractivity contribution in [1.29, 1.82) is 0 Å². The largest absolute Gasteiger partial charge is 0.444 e. The van der Waals surface area contributed by atoms with Gasteiger partial charge in [0, 0.05) is 17.4 Å². The smallest absolute Gasteiger partial charge is 0.230 e. The molecule has 0 radical (unpaired) electrons. The lowest BCUT2D eigenvalue weighted by Crippen LogP contribution is -2.45. The quantitative estimate of drug-likeness (QED) is 0.748. The molecule has 0 bridgehead atoms. The molecule has 2 aromatic rings. The third kappa shape index (κ3) is 5.76. The Balaban J connectivity index is 0.00000243. The van der Waals surface area contributed by atoms with Crippen molar-refractivity contribution in [2.24, 2.45) is 11.7 Å². The number of hydrogen-bond donors (Lipinski definition) is 2. The number of amides is 1. The number of thioether (sulfide) groups is 1. The average molecular weight is 396 g/mol. The first-order valence-electron chi connectivity index (χ1n) is 8.83. The van der Waals surface area contributed by atoms with Gasteiger partial charge in [-0.3, -0.25) is 4.79 Å². The van der Waals surface area contributed by atoms with Crippen molar-refractivity contribution in [1.82, 2.24) is 10.3 Å². The highest BCUT2D eigenvalue weighted by atomic mass is 35.5. The van der Waals surface area contributed by atoms with E-state index in [9.17, 15) is 4.79 Å². The van der Waals surface area contributed by atoms with Gasteiger partial charge in [-0.1, -0.05) is 31.0 Å². The van der Waals surface area contributed by atoms with E-state index in [1.807, 2.05) is 30.3 Å². The van der Waals surface area contributed by atoms with Gasteiger partial charge in [0.05, 0.1) is 11.4 Å². The molecule has 3 N–H and O–H groups in total. The first kappa shape index (κ1) is 20.8. The van der Waals surface area contributed by atoms with Gasteiger partial charge < -0.3 is 15.5 Å². The van der Waals surface area contributed by atoms with Crippen molar-refractivity contribution in [3.63, 3.8) is 0 Å². The second-order valence-corrected chi connectivity index (χ2v) is 7.44. The zero-order valence-electron chi connectivity index (χ0n) is 14.7. The number of benzene rings is 1. The molecule has 2 atom stereocenters. The predicted molar refractivity (Wildman–Crippen MR) is 108 cm³/mol. The van der Waals surface area contributed by atoms with Crippen LogP contribution in [0.2, 0.25) is 0 Å². The Morgan fingerprint density at radius 3 is 2.81 bits per heavy atom.